The number of benzene rings is 2. The number of imide groups is 1. The quantitative estimate of drug-likeness (QED) is 0.549. The van der Waals surface area contributed by atoms with Crippen LogP contribution < -0.4 is 9.77 Å². The molecule has 0 spiro atoms. The van der Waals surface area contributed by atoms with Gasteiger partial charge in [-0.25, -0.2) is 0 Å². The molecule has 7 atom stereocenters. The minimum absolute atomic E-state index is 0.0395. The zero-order chi connectivity index (χ0) is 22.4. The number of aromatic amines is 1. The van der Waals surface area contributed by atoms with E-state index in [-0.39, 0.29) is 63.2 Å². The molecule has 2 bridgehead atoms. The molecule has 2 amide bonds. The number of rotatable bonds is 2. The fourth-order valence-corrected chi connectivity index (χ4v) is 9.83. The largest absolute Gasteiger partial charge is 0.508 e. The Labute approximate surface area is 197 Å². The highest BCUT2D eigenvalue weighted by Crippen LogP contribution is 2.69. The zero-order valence-electron chi connectivity index (χ0n) is 17.4. The van der Waals surface area contributed by atoms with Gasteiger partial charge in [0, 0.05) is 21.6 Å². The van der Waals surface area contributed by atoms with E-state index in [9.17, 15) is 19.5 Å². The second-order valence-electron chi connectivity index (χ2n) is 9.37. The van der Waals surface area contributed by atoms with Gasteiger partial charge in [-0.05, 0) is 42.4 Å². The van der Waals surface area contributed by atoms with Crippen LogP contribution in [0.15, 0.2) is 64.4 Å². The Morgan fingerprint density at radius 3 is 2.36 bits per heavy atom. The molecule has 2 aliphatic carbocycles. The van der Waals surface area contributed by atoms with Gasteiger partial charge in [0.25, 0.3) is 0 Å². The summed E-state index contributed by atoms with van der Waals surface area (Å²) in [5, 5.41) is 11.7. The van der Waals surface area contributed by atoms with Crippen molar-refractivity contribution in [3.05, 3.63) is 74.7 Å². The lowest BCUT2D eigenvalue weighted by Crippen LogP contribution is -2.42. The van der Waals surface area contributed by atoms with Gasteiger partial charge in [-0.1, -0.05) is 47.7 Å². The van der Waals surface area contributed by atoms with E-state index in [2.05, 4.69) is 4.98 Å². The summed E-state index contributed by atoms with van der Waals surface area (Å²) >= 11 is 2.85. The van der Waals surface area contributed by atoms with Gasteiger partial charge >= 0.3 is 4.87 Å². The fraction of sp³-hybridized carbons (Fsp3) is 0.320. The van der Waals surface area contributed by atoms with Crippen molar-refractivity contribution in [3.8, 4) is 5.75 Å². The summed E-state index contributed by atoms with van der Waals surface area (Å²) in [6.07, 6.45) is 0.834. The van der Waals surface area contributed by atoms with Crippen LogP contribution in [0.2, 0.25) is 0 Å². The van der Waals surface area contributed by atoms with Crippen molar-refractivity contribution in [1.82, 2.24) is 4.98 Å². The molecule has 2 aliphatic heterocycles. The van der Waals surface area contributed by atoms with E-state index in [1.54, 1.807) is 23.9 Å². The smallest absolute Gasteiger partial charge is 0.305 e. The topological polar surface area (TPSA) is 90.5 Å². The molecule has 7 rings (SSSR count). The molecular weight excluding hydrogens is 456 g/mol. The number of anilines is 1. The Balaban J connectivity index is 1.36. The van der Waals surface area contributed by atoms with Gasteiger partial charge in [0.1, 0.15) is 5.75 Å². The molecule has 0 radical (unpaired) electrons. The van der Waals surface area contributed by atoms with Gasteiger partial charge in [-0.2, -0.15) is 0 Å². The number of phenolic OH excluding ortho intramolecular Hbond substituents is 1. The van der Waals surface area contributed by atoms with Gasteiger partial charge in [-0.3, -0.25) is 19.3 Å². The van der Waals surface area contributed by atoms with Crippen LogP contribution in [0.4, 0.5) is 5.69 Å². The second-order valence-corrected chi connectivity index (χ2v) is 11.6. The first-order valence-electron chi connectivity index (χ1n) is 11.1. The first kappa shape index (κ1) is 19.6. The Kier molecular flexibility index (Phi) is 4.06. The monoisotopic (exact) mass is 476 g/mol. The van der Waals surface area contributed by atoms with Crippen LogP contribution >= 0.6 is 23.1 Å². The van der Waals surface area contributed by atoms with Crippen molar-refractivity contribution < 1.29 is 14.7 Å². The number of carbonyl (C=O) groups excluding carboxylic acids is 2. The molecule has 3 fully saturated rings. The van der Waals surface area contributed by atoms with Crippen molar-refractivity contribution in [1.29, 1.82) is 0 Å². The van der Waals surface area contributed by atoms with Crippen LogP contribution in [0, 0.1) is 29.6 Å². The lowest BCUT2D eigenvalue weighted by molar-refractivity contribution is -0.123. The number of hydrogen-bond donors (Lipinski definition) is 2. The molecule has 1 saturated heterocycles. The number of aromatic hydroxyl groups is 1. The summed E-state index contributed by atoms with van der Waals surface area (Å²) in [6, 6.07) is 16.5. The molecule has 3 aromatic rings. The standard InChI is InChI=1S/C25H20N2O4S2/c28-15-9-5-4-8-12(15)16-17-13-10-14(20(17)32-22-21(16)33-25(31)26-22)19-18(13)23(29)27(24(19)30)11-6-2-1-3-7-11/h1-9,13-14,16-20,28H,10H2,(H,26,31)/t13-,14-,16-,17-,18+,19-,20-/m1/s1. The lowest BCUT2D eigenvalue weighted by atomic mass is 9.68. The third kappa shape index (κ3) is 2.53. The normalized spacial score (nSPS) is 33.8. The fourth-order valence-electron chi connectivity index (χ4n) is 6.95. The van der Waals surface area contributed by atoms with Crippen LogP contribution in [-0.2, 0) is 9.59 Å². The van der Waals surface area contributed by atoms with Crippen LogP contribution in [-0.4, -0.2) is 27.2 Å². The molecule has 166 valence electrons. The molecular formula is C25H20N2O4S2. The van der Waals surface area contributed by atoms with Gasteiger partial charge in [0.2, 0.25) is 11.8 Å². The minimum atomic E-state index is -0.338. The lowest BCUT2D eigenvalue weighted by Gasteiger charge is -2.43. The van der Waals surface area contributed by atoms with Crippen molar-refractivity contribution in [2.24, 2.45) is 29.6 Å². The number of thioether (sulfide) groups is 1. The van der Waals surface area contributed by atoms with Crippen molar-refractivity contribution in [2.45, 2.75) is 22.6 Å². The molecule has 4 aliphatic rings. The van der Waals surface area contributed by atoms with Crippen LogP contribution in [0.3, 0.4) is 0 Å². The minimum Gasteiger partial charge on any atom is -0.508 e. The highest BCUT2D eigenvalue weighted by Gasteiger charge is 2.69. The number of thiazole rings is 1. The number of H-pyrrole nitrogens is 1. The molecule has 8 heteroatoms. The predicted octanol–water partition coefficient (Wildman–Crippen LogP) is 3.82. The molecule has 2 aromatic carbocycles. The van der Waals surface area contributed by atoms with E-state index >= 15 is 0 Å². The second kappa shape index (κ2) is 6.84. The van der Waals surface area contributed by atoms with Crippen molar-refractivity contribution >= 4 is 40.6 Å². The summed E-state index contributed by atoms with van der Waals surface area (Å²) < 4.78 is 0. The van der Waals surface area contributed by atoms with E-state index in [1.165, 1.54) is 16.2 Å². The molecule has 1 aromatic heterocycles. The highest BCUT2D eigenvalue weighted by atomic mass is 32.2. The number of aromatic nitrogens is 1. The summed E-state index contributed by atoms with van der Waals surface area (Å²) in [5.41, 5.74) is 1.43. The zero-order valence-corrected chi connectivity index (χ0v) is 19.0. The number of para-hydroxylation sites is 2. The maximum Gasteiger partial charge on any atom is 0.305 e. The number of fused-ring (bicyclic) bond motifs is 9. The van der Waals surface area contributed by atoms with Gasteiger partial charge < -0.3 is 10.1 Å². The average Bonchev–Trinajstić information content (AvgIpc) is 3.54. The maximum absolute atomic E-state index is 13.6. The van der Waals surface area contributed by atoms with Crippen LogP contribution in [0.5, 0.6) is 5.75 Å². The van der Waals surface area contributed by atoms with E-state index in [0.29, 0.717) is 5.69 Å². The number of hydrogen-bond acceptors (Lipinski definition) is 6. The number of carbonyl (C=O) groups is 2. The summed E-state index contributed by atoms with van der Waals surface area (Å²) in [4.78, 5) is 44.6. The summed E-state index contributed by atoms with van der Waals surface area (Å²) in [7, 11) is 0. The number of amides is 2. The van der Waals surface area contributed by atoms with Crippen LogP contribution in [0.25, 0.3) is 0 Å². The third-order valence-electron chi connectivity index (χ3n) is 8.01. The Bertz CT molecular complexity index is 1370. The summed E-state index contributed by atoms with van der Waals surface area (Å²) in [5.74, 6) is -0.602. The first-order chi connectivity index (χ1) is 16.0. The SMILES string of the molecule is O=C1[C@@H]2[C@H]3C[C@@H]([C@@H]2C(=O)N1c1ccccc1)[C@@H]1[C@@H](c2ccccc2O)c2sc(=O)[nH]c2S[C@H]31. The van der Waals surface area contributed by atoms with Crippen molar-refractivity contribution in [3.63, 3.8) is 0 Å². The first-order valence-corrected chi connectivity index (χ1v) is 12.8. The summed E-state index contributed by atoms with van der Waals surface area (Å²) in [6.45, 7) is 0. The maximum atomic E-state index is 13.6. The molecule has 2 saturated carbocycles. The molecule has 2 N–H and O–H groups in total. The van der Waals surface area contributed by atoms with E-state index in [1.807, 2.05) is 42.5 Å². The predicted molar refractivity (Wildman–Crippen MR) is 126 cm³/mol. The molecule has 33 heavy (non-hydrogen) atoms. The number of nitrogens with zero attached hydrogens (tertiary/aromatic N) is 1. The van der Waals surface area contributed by atoms with Gasteiger partial charge in [0.05, 0.1) is 22.5 Å². The van der Waals surface area contributed by atoms with Gasteiger partial charge in [-0.15, -0.1) is 11.8 Å². The molecule has 0 unspecified atom stereocenters. The van der Waals surface area contributed by atoms with E-state index in [4.69, 9.17) is 0 Å². The third-order valence-corrected chi connectivity index (χ3v) is 10.6. The van der Waals surface area contributed by atoms with E-state index < -0.39 is 0 Å². The molecule has 6 nitrogen and oxygen atoms in total. The molecule has 3 heterocycles. The van der Waals surface area contributed by atoms with Crippen LogP contribution in [0.1, 0.15) is 22.8 Å². The highest BCUT2D eigenvalue weighted by molar-refractivity contribution is 8.00. The van der Waals surface area contributed by atoms with Crippen molar-refractivity contribution in [2.75, 3.05) is 4.90 Å². The Morgan fingerprint density at radius 2 is 1.61 bits per heavy atom. The number of nitrogens with one attached hydrogen (secondary N) is 1. The Hall–Kier alpha value is -2.84. The number of phenols is 1. The Morgan fingerprint density at radius 1 is 0.909 bits per heavy atom. The van der Waals surface area contributed by atoms with E-state index in [0.717, 1.165) is 21.9 Å². The average molecular weight is 477 g/mol. The van der Waals surface area contributed by atoms with Gasteiger partial charge in [0.15, 0.2) is 0 Å².